The summed E-state index contributed by atoms with van der Waals surface area (Å²) >= 11 is 0. The van der Waals surface area contributed by atoms with Crippen LogP contribution in [0.15, 0.2) is 0 Å². The predicted molar refractivity (Wildman–Crippen MR) is 37.8 cm³/mol. The van der Waals surface area contributed by atoms with Gasteiger partial charge in [-0.3, -0.25) is 4.79 Å². The summed E-state index contributed by atoms with van der Waals surface area (Å²) in [6, 6.07) is 0. The zero-order chi connectivity index (χ0) is 8.28. The highest BCUT2D eigenvalue weighted by Gasteiger charge is 1.65. The van der Waals surface area contributed by atoms with Crippen LogP contribution in [0.5, 0.6) is 0 Å². The van der Waals surface area contributed by atoms with Crippen molar-refractivity contribution in [2.75, 3.05) is 13.7 Å². The van der Waals surface area contributed by atoms with Crippen LogP contribution in [0, 0.1) is 0 Å². The normalized spacial score (nSPS) is 4.90. The molecule has 0 heterocycles. The number of hydrogen-bond donors (Lipinski definition) is 3. The van der Waals surface area contributed by atoms with E-state index < -0.39 is 5.97 Å². The molecular formula is C5H16O5. The number of aliphatic hydroxyl groups is 2. The molecule has 0 bridgehead atoms. The van der Waals surface area contributed by atoms with Gasteiger partial charge in [-0.2, -0.15) is 0 Å². The van der Waals surface area contributed by atoms with Crippen molar-refractivity contribution in [2.45, 2.75) is 13.8 Å². The van der Waals surface area contributed by atoms with Crippen LogP contribution in [0.1, 0.15) is 13.8 Å². The zero-order valence-corrected chi connectivity index (χ0v) is 6.46. The Bertz CT molecular complexity index is 41.3. The van der Waals surface area contributed by atoms with Crippen LogP contribution in [0.25, 0.3) is 0 Å². The van der Waals surface area contributed by atoms with Gasteiger partial charge in [0, 0.05) is 20.6 Å². The molecule has 0 amide bonds. The summed E-state index contributed by atoms with van der Waals surface area (Å²) in [5.74, 6) is -0.833. The molecule has 5 heteroatoms. The fourth-order valence-corrected chi connectivity index (χ4v) is 0. The number of hydrogen-bond acceptors (Lipinski definition) is 3. The number of carboxylic acid groups (broad SMARTS) is 1. The van der Waals surface area contributed by atoms with Crippen LogP contribution in [0.3, 0.4) is 0 Å². The number of rotatable bonds is 0. The van der Waals surface area contributed by atoms with Crippen molar-refractivity contribution in [1.82, 2.24) is 0 Å². The van der Waals surface area contributed by atoms with E-state index >= 15 is 0 Å². The first-order chi connectivity index (χ1) is 4.15. The molecule has 0 fully saturated rings. The van der Waals surface area contributed by atoms with E-state index in [1.54, 1.807) is 6.92 Å². The van der Waals surface area contributed by atoms with E-state index in [4.69, 9.17) is 20.1 Å². The van der Waals surface area contributed by atoms with E-state index in [9.17, 15) is 0 Å². The Hall–Kier alpha value is -0.650. The smallest absolute Gasteiger partial charge is 0.300 e. The van der Waals surface area contributed by atoms with Crippen LogP contribution in [-0.2, 0) is 4.79 Å². The molecule has 0 radical (unpaired) electrons. The summed E-state index contributed by atoms with van der Waals surface area (Å²) in [5.41, 5.74) is 0. The highest BCUT2D eigenvalue weighted by atomic mass is 16.4. The van der Waals surface area contributed by atoms with Gasteiger partial charge in [-0.25, -0.2) is 0 Å². The Balaban J connectivity index is -0.0000000273. The molecule has 0 rings (SSSR count). The lowest BCUT2D eigenvalue weighted by atomic mass is 10.9. The van der Waals surface area contributed by atoms with Gasteiger partial charge in [0.2, 0.25) is 0 Å². The van der Waals surface area contributed by atoms with E-state index in [1.807, 2.05) is 0 Å². The average Bonchev–Trinajstić information content (AvgIpc) is 1.71. The number of carboxylic acids is 1. The molecule has 0 spiro atoms. The van der Waals surface area contributed by atoms with Crippen LogP contribution in [0.2, 0.25) is 0 Å². The minimum atomic E-state index is -0.833. The summed E-state index contributed by atoms with van der Waals surface area (Å²) in [5, 5.41) is 22.0. The highest BCUT2D eigenvalue weighted by molar-refractivity contribution is 5.62. The number of aliphatic carboxylic acids is 1. The number of carbonyl (C=O) groups is 1. The van der Waals surface area contributed by atoms with Crippen molar-refractivity contribution < 1.29 is 25.6 Å². The molecule has 66 valence electrons. The van der Waals surface area contributed by atoms with Crippen molar-refractivity contribution in [3.8, 4) is 0 Å². The van der Waals surface area contributed by atoms with Crippen LogP contribution in [-0.4, -0.2) is 40.5 Å². The highest BCUT2D eigenvalue weighted by Crippen LogP contribution is 1.42. The quantitative estimate of drug-likeness (QED) is 0.412. The maximum Gasteiger partial charge on any atom is 0.300 e. The second kappa shape index (κ2) is 40.2. The molecule has 0 aromatic heterocycles. The summed E-state index contributed by atoms with van der Waals surface area (Å²) in [4.78, 5) is 9.00. The summed E-state index contributed by atoms with van der Waals surface area (Å²) in [7, 11) is 1.00. The van der Waals surface area contributed by atoms with Gasteiger partial charge < -0.3 is 20.8 Å². The zero-order valence-electron chi connectivity index (χ0n) is 6.46. The Morgan fingerprint density at radius 3 is 1.40 bits per heavy atom. The molecule has 5 N–H and O–H groups in total. The molecule has 0 aromatic rings. The Labute approximate surface area is 60.2 Å². The third-order valence-corrected chi connectivity index (χ3v) is 0. The molecule has 0 unspecified atom stereocenters. The predicted octanol–water partition coefficient (Wildman–Crippen LogP) is -1.13. The van der Waals surface area contributed by atoms with Gasteiger partial charge in [0.05, 0.1) is 0 Å². The lowest BCUT2D eigenvalue weighted by Gasteiger charge is -1.59. The Kier molecular flexibility index (Phi) is 91.5. The monoisotopic (exact) mass is 156 g/mol. The first kappa shape index (κ1) is 22.8. The largest absolute Gasteiger partial charge is 0.481 e. The van der Waals surface area contributed by atoms with Gasteiger partial charge in [-0.05, 0) is 6.92 Å². The van der Waals surface area contributed by atoms with E-state index in [0.717, 1.165) is 14.0 Å². The molecule has 0 aromatic carbocycles. The minimum Gasteiger partial charge on any atom is -0.481 e. The van der Waals surface area contributed by atoms with Gasteiger partial charge in [-0.15, -0.1) is 0 Å². The van der Waals surface area contributed by atoms with E-state index in [2.05, 4.69) is 0 Å². The van der Waals surface area contributed by atoms with Crippen LogP contribution < -0.4 is 0 Å². The van der Waals surface area contributed by atoms with Crippen molar-refractivity contribution in [3.63, 3.8) is 0 Å². The summed E-state index contributed by atoms with van der Waals surface area (Å²) in [6.45, 7) is 3.01. The molecule has 0 saturated heterocycles. The van der Waals surface area contributed by atoms with Gasteiger partial charge in [0.25, 0.3) is 5.97 Å². The summed E-state index contributed by atoms with van der Waals surface area (Å²) < 4.78 is 0. The maximum atomic E-state index is 9.00. The molecule has 0 aliphatic heterocycles. The molecule has 0 aliphatic rings. The standard InChI is InChI=1S/C2H4O2.C2H6O.CH4O.H2O/c1-2(3)4;1-2-3;1-2;/h1H3,(H,3,4);3H,2H2,1H3;2H,1H3;1H2. The average molecular weight is 156 g/mol. The third kappa shape index (κ3) is 701. The minimum absolute atomic E-state index is 0. The number of aliphatic hydroxyl groups excluding tert-OH is 2. The SMILES string of the molecule is CC(=O)O.CCO.CO.O. The Morgan fingerprint density at radius 2 is 1.40 bits per heavy atom. The van der Waals surface area contributed by atoms with Gasteiger partial charge in [-0.1, -0.05) is 0 Å². The van der Waals surface area contributed by atoms with E-state index in [1.165, 1.54) is 0 Å². The van der Waals surface area contributed by atoms with Crippen molar-refractivity contribution in [3.05, 3.63) is 0 Å². The molecule has 0 aliphatic carbocycles. The third-order valence-electron chi connectivity index (χ3n) is 0. The van der Waals surface area contributed by atoms with Crippen molar-refractivity contribution in [2.24, 2.45) is 0 Å². The fourth-order valence-electron chi connectivity index (χ4n) is 0. The van der Waals surface area contributed by atoms with Crippen LogP contribution >= 0.6 is 0 Å². The Morgan fingerprint density at radius 1 is 1.40 bits per heavy atom. The molecule has 10 heavy (non-hydrogen) atoms. The summed E-state index contributed by atoms with van der Waals surface area (Å²) in [6.07, 6.45) is 0. The topological polar surface area (TPSA) is 109 Å². The lowest BCUT2D eigenvalue weighted by molar-refractivity contribution is -0.134. The van der Waals surface area contributed by atoms with Crippen LogP contribution in [0.4, 0.5) is 0 Å². The van der Waals surface area contributed by atoms with Gasteiger partial charge in [0.15, 0.2) is 0 Å². The lowest BCUT2D eigenvalue weighted by Crippen LogP contribution is -1.78. The molecule has 0 saturated carbocycles. The second-order valence-electron chi connectivity index (χ2n) is 0.835. The molecular weight excluding hydrogens is 140 g/mol. The fraction of sp³-hybridized carbons (Fsp3) is 0.800. The molecule has 0 atom stereocenters. The van der Waals surface area contributed by atoms with E-state index in [0.29, 0.717) is 0 Å². The van der Waals surface area contributed by atoms with Crippen molar-refractivity contribution in [1.29, 1.82) is 0 Å². The molecule has 5 nitrogen and oxygen atoms in total. The maximum absolute atomic E-state index is 9.00. The first-order valence-electron chi connectivity index (χ1n) is 2.40. The van der Waals surface area contributed by atoms with Gasteiger partial charge >= 0.3 is 0 Å². The van der Waals surface area contributed by atoms with Gasteiger partial charge in [0.1, 0.15) is 0 Å². The van der Waals surface area contributed by atoms with E-state index in [-0.39, 0.29) is 12.1 Å². The first-order valence-corrected chi connectivity index (χ1v) is 2.40. The van der Waals surface area contributed by atoms with Crippen molar-refractivity contribution >= 4 is 5.97 Å². The second-order valence-corrected chi connectivity index (χ2v) is 0.835.